The van der Waals surface area contributed by atoms with Gasteiger partial charge in [0.15, 0.2) is 0 Å². The van der Waals surface area contributed by atoms with Gasteiger partial charge in [-0.15, -0.1) is 0 Å². The smallest absolute Gasteiger partial charge is 0.259 e. The van der Waals surface area contributed by atoms with Gasteiger partial charge in [-0.1, -0.05) is 18.2 Å². The molecule has 1 aromatic heterocycles. The summed E-state index contributed by atoms with van der Waals surface area (Å²) >= 11 is 0. The van der Waals surface area contributed by atoms with E-state index < -0.39 is 17.5 Å². The number of aromatic hydroxyl groups is 1. The number of hydrogen-bond acceptors (Lipinski definition) is 3. The molecule has 2 N–H and O–H groups in total. The number of rotatable bonds is 2. The van der Waals surface area contributed by atoms with Gasteiger partial charge >= 0.3 is 0 Å². The lowest BCUT2D eigenvalue weighted by atomic mass is 10.1. The Labute approximate surface area is 119 Å². The molecule has 0 atom stereocenters. The fourth-order valence-electron chi connectivity index (χ4n) is 2.09. The monoisotopic (exact) mass is 282 g/mol. The molecule has 0 aliphatic rings. The average molecular weight is 282 g/mol. The van der Waals surface area contributed by atoms with Crippen molar-refractivity contribution in [3.63, 3.8) is 0 Å². The van der Waals surface area contributed by atoms with Crippen LogP contribution in [0.2, 0.25) is 0 Å². The maximum atomic E-state index is 12.9. The molecule has 3 rings (SSSR count). The number of halogens is 1. The van der Waals surface area contributed by atoms with Crippen LogP contribution in [0.4, 0.5) is 10.1 Å². The van der Waals surface area contributed by atoms with Crippen molar-refractivity contribution >= 4 is 22.5 Å². The van der Waals surface area contributed by atoms with E-state index in [4.69, 9.17) is 0 Å². The lowest BCUT2D eigenvalue weighted by Gasteiger charge is -2.09. The number of phenols is 1. The Hall–Kier alpha value is -2.95. The molecule has 0 spiro atoms. The van der Waals surface area contributed by atoms with Crippen molar-refractivity contribution < 1.29 is 14.3 Å². The van der Waals surface area contributed by atoms with Gasteiger partial charge in [-0.3, -0.25) is 9.78 Å². The number of fused-ring (bicyclic) bond motifs is 1. The third-order valence-electron chi connectivity index (χ3n) is 3.09. The van der Waals surface area contributed by atoms with Gasteiger partial charge in [0.25, 0.3) is 5.91 Å². The number of anilines is 1. The van der Waals surface area contributed by atoms with E-state index in [0.29, 0.717) is 11.2 Å². The molecule has 1 heterocycles. The van der Waals surface area contributed by atoms with Crippen molar-refractivity contribution in [2.45, 2.75) is 0 Å². The van der Waals surface area contributed by atoms with Crippen LogP contribution in [0.1, 0.15) is 10.4 Å². The largest absolute Gasteiger partial charge is 0.507 e. The predicted octanol–water partition coefficient (Wildman–Crippen LogP) is 3.33. The first-order chi connectivity index (χ1) is 10.1. The molecule has 0 aliphatic carbocycles. The van der Waals surface area contributed by atoms with Crippen molar-refractivity contribution in [1.29, 1.82) is 0 Å². The highest BCUT2D eigenvalue weighted by Crippen LogP contribution is 2.23. The van der Waals surface area contributed by atoms with Gasteiger partial charge in [-0.2, -0.15) is 0 Å². The summed E-state index contributed by atoms with van der Waals surface area (Å²) in [7, 11) is 0. The molecule has 5 heteroatoms. The first kappa shape index (κ1) is 13.1. The van der Waals surface area contributed by atoms with Crippen LogP contribution in [-0.4, -0.2) is 16.0 Å². The minimum Gasteiger partial charge on any atom is -0.507 e. The number of hydrogen-bond donors (Lipinski definition) is 2. The Bertz CT molecular complexity index is 828. The number of nitrogens with one attached hydrogen (secondary N) is 1. The summed E-state index contributed by atoms with van der Waals surface area (Å²) in [5.41, 5.74) is 1.18. The molecule has 0 bridgehead atoms. The zero-order chi connectivity index (χ0) is 14.8. The summed E-state index contributed by atoms with van der Waals surface area (Å²) in [6, 6.07) is 12.3. The second-order valence-electron chi connectivity index (χ2n) is 4.50. The topological polar surface area (TPSA) is 62.2 Å². The number of aromatic nitrogens is 1. The quantitative estimate of drug-likeness (QED) is 0.757. The molecule has 0 aliphatic heterocycles. The van der Waals surface area contributed by atoms with E-state index >= 15 is 0 Å². The number of nitrogens with zero attached hydrogens (tertiary/aromatic N) is 1. The molecule has 0 saturated heterocycles. The molecule has 1 amide bonds. The molecule has 4 nitrogen and oxygen atoms in total. The molecule has 21 heavy (non-hydrogen) atoms. The highest BCUT2D eigenvalue weighted by Gasteiger charge is 2.13. The number of pyridine rings is 1. The second-order valence-corrected chi connectivity index (χ2v) is 4.50. The fourth-order valence-corrected chi connectivity index (χ4v) is 2.09. The molecular formula is C16H11FN2O2. The van der Waals surface area contributed by atoms with E-state index in [-0.39, 0.29) is 5.56 Å². The summed E-state index contributed by atoms with van der Waals surface area (Å²) in [6.07, 6.45) is 1.63. The zero-order valence-electron chi connectivity index (χ0n) is 10.9. The zero-order valence-corrected chi connectivity index (χ0v) is 10.9. The van der Waals surface area contributed by atoms with Gasteiger partial charge in [0, 0.05) is 17.6 Å². The summed E-state index contributed by atoms with van der Waals surface area (Å²) in [5, 5.41) is 13.2. The maximum Gasteiger partial charge on any atom is 0.259 e. The Morgan fingerprint density at radius 2 is 1.95 bits per heavy atom. The number of benzene rings is 2. The van der Waals surface area contributed by atoms with Crippen LogP contribution in [0.25, 0.3) is 10.9 Å². The number of carbonyl (C=O) groups is 1. The van der Waals surface area contributed by atoms with Crippen LogP contribution in [0.5, 0.6) is 5.75 Å². The van der Waals surface area contributed by atoms with Crippen LogP contribution in [-0.2, 0) is 0 Å². The minimum absolute atomic E-state index is 0.00401. The van der Waals surface area contributed by atoms with E-state index in [2.05, 4.69) is 10.3 Å². The number of amides is 1. The van der Waals surface area contributed by atoms with Crippen molar-refractivity contribution in [3.8, 4) is 5.75 Å². The molecule has 0 radical (unpaired) electrons. The maximum absolute atomic E-state index is 12.9. The van der Waals surface area contributed by atoms with Crippen LogP contribution in [0.3, 0.4) is 0 Å². The lowest BCUT2D eigenvalue weighted by Crippen LogP contribution is -2.12. The summed E-state index contributed by atoms with van der Waals surface area (Å²) in [5.74, 6) is -1.53. The highest BCUT2D eigenvalue weighted by molar-refractivity contribution is 6.09. The van der Waals surface area contributed by atoms with Crippen LogP contribution in [0, 0.1) is 5.82 Å². The SMILES string of the molecule is O=C(Nc1cccc2cccnc12)c1ccc(F)cc1O. The van der Waals surface area contributed by atoms with Crippen molar-refractivity contribution in [2.24, 2.45) is 0 Å². The van der Waals surface area contributed by atoms with Gasteiger partial charge in [0.2, 0.25) is 0 Å². The Morgan fingerprint density at radius 3 is 2.76 bits per heavy atom. The van der Waals surface area contributed by atoms with E-state index in [0.717, 1.165) is 17.5 Å². The first-order valence-electron chi connectivity index (χ1n) is 6.29. The van der Waals surface area contributed by atoms with E-state index in [9.17, 15) is 14.3 Å². The number of para-hydroxylation sites is 1. The second kappa shape index (κ2) is 5.20. The fraction of sp³-hybridized carbons (Fsp3) is 0. The third kappa shape index (κ3) is 2.53. The molecule has 104 valence electrons. The minimum atomic E-state index is -0.601. The molecule has 0 unspecified atom stereocenters. The van der Waals surface area contributed by atoms with Gasteiger partial charge < -0.3 is 10.4 Å². The summed E-state index contributed by atoms with van der Waals surface area (Å²) < 4.78 is 12.9. The third-order valence-corrected chi connectivity index (χ3v) is 3.09. The van der Waals surface area contributed by atoms with E-state index in [1.807, 2.05) is 12.1 Å². The molecular weight excluding hydrogens is 271 g/mol. The van der Waals surface area contributed by atoms with Gasteiger partial charge in [0.05, 0.1) is 16.8 Å². The lowest BCUT2D eigenvalue weighted by molar-refractivity contribution is 0.102. The molecule has 0 saturated carbocycles. The van der Waals surface area contributed by atoms with Crippen LogP contribution >= 0.6 is 0 Å². The normalized spacial score (nSPS) is 10.5. The molecule has 3 aromatic rings. The summed E-state index contributed by atoms with van der Waals surface area (Å²) in [4.78, 5) is 16.4. The average Bonchev–Trinajstić information content (AvgIpc) is 2.47. The highest BCUT2D eigenvalue weighted by atomic mass is 19.1. The molecule has 0 fully saturated rings. The van der Waals surface area contributed by atoms with Crippen molar-refractivity contribution in [2.75, 3.05) is 5.32 Å². The first-order valence-corrected chi connectivity index (χ1v) is 6.29. The van der Waals surface area contributed by atoms with E-state index in [1.54, 1.807) is 24.4 Å². The predicted molar refractivity (Wildman–Crippen MR) is 77.8 cm³/mol. The summed E-state index contributed by atoms with van der Waals surface area (Å²) in [6.45, 7) is 0. The number of phenolic OH excluding ortho intramolecular Hbond substituents is 1. The number of carbonyl (C=O) groups excluding carboxylic acids is 1. The Morgan fingerprint density at radius 1 is 1.14 bits per heavy atom. The van der Waals surface area contributed by atoms with Gasteiger partial charge in [-0.25, -0.2) is 4.39 Å². The molecule has 2 aromatic carbocycles. The van der Waals surface area contributed by atoms with Crippen LogP contribution in [0.15, 0.2) is 54.7 Å². The van der Waals surface area contributed by atoms with E-state index in [1.165, 1.54) is 6.07 Å². The van der Waals surface area contributed by atoms with Crippen molar-refractivity contribution in [1.82, 2.24) is 4.98 Å². The standard InChI is InChI=1S/C16H11FN2O2/c17-11-6-7-12(14(20)9-11)16(21)19-13-5-1-3-10-4-2-8-18-15(10)13/h1-9,20H,(H,19,21). The van der Waals surface area contributed by atoms with Gasteiger partial charge in [-0.05, 0) is 24.3 Å². The van der Waals surface area contributed by atoms with Gasteiger partial charge in [0.1, 0.15) is 11.6 Å². The Balaban J connectivity index is 1.97. The van der Waals surface area contributed by atoms with Crippen LogP contribution < -0.4 is 5.32 Å². The van der Waals surface area contributed by atoms with Crippen molar-refractivity contribution in [3.05, 3.63) is 66.1 Å². The Kier molecular flexibility index (Phi) is 3.23.